The van der Waals surface area contributed by atoms with E-state index in [0.717, 1.165) is 16.1 Å². The Kier molecular flexibility index (Phi) is 6.33. The van der Waals surface area contributed by atoms with E-state index in [0.29, 0.717) is 31.5 Å². The van der Waals surface area contributed by atoms with Crippen molar-refractivity contribution in [2.45, 2.75) is 55.0 Å². The number of carbonyl (C=O) groups excluding carboxylic acids is 2. The van der Waals surface area contributed by atoms with Gasteiger partial charge in [0.15, 0.2) is 0 Å². The molecule has 0 bridgehead atoms. The Morgan fingerprint density at radius 3 is 2.66 bits per heavy atom. The molecule has 0 radical (unpaired) electrons. The fourth-order valence-electron chi connectivity index (χ4n) is 4.60. The highest BCUT2D eigenvalue weighted by Crippen LogP contribution is 2.36. The van der Waals surface area contributed by atoms with E-state index >= 15 is 0 Å². The van der Waals surface area contributed by atoms with E-state index in [2.05, 4.69) is 5.32 Å². The maximum atomic E-state index is 13.5. The second-order valence-electron chi connectivity index (χ2n) is 8.23. The van der Waals surface area contributed by atoms with Gasteiger partial charge in [-0.2, -0.15) is 4.31 Å². The van der Waals surface area contributed by atoms with Gasteiger partial charge in [-0.3, -0.25) is 9.59 Å². The number of carbonyl (C=O) groups is 2. The normalized spacial score (nSPS) is 20.9. The monoisotopic (exact) mass is 473 g/mol. The first-order chi connectivity index (χ1) is 15.2. The molecule has 2 atom stereocenters. The number of benzene rings is 2. The molecule has 1 fully saturated rings. The molecule has 2 aliphatic heterocycles. The van der Waals surface area contributed by atoms with E-state index < -0.39 is 16.1 Å². The fourth-order valence-corrected chi connectivity index (χ4v) is 6.77. The van der Waals surface area contributed by atoms with Crippen molar-refractivity contribution in [2.75, 3.05) is 23.0 Å². The largest absolute Gasteiger partial charge is 0.325 e. The number of hydrogen-bond donors (Lipinski definition) is 1. The second-order valence-corrected chi connectivity index (χ2v) is 11.0. The maximum absolute atomic E-state index is 13.5. The van der Waals surface area contributed by atoms with Gasteiger partial charge in [0.05, 0.1) is 4.90 Å². The third-order valence-corrected chi connectivity index (χ3v) is 8.69. The standard InChI is InChI=1S/C23H27N3O4S2/c1-15-12-17-13-20(9-10-21(17)26(15)16(2)27)32(29,30)25-11-5-8-22(25)23(28)24-18-6-4-7-19(14-18)31-3/h4,6-7,9-10,13-15,22H,5,8,11-12H2,1-3H3,(H,24,28)/t15-,22+/m1/s1. The summed E-state index contributed by atoms with van der Waals surface area (Å²) < 4.78 is 28.2. The molecule has 0 spiro atoms. The van der Waals surface area contributed by atoms with Gasteiger partial charge in [-0.15, -0.1) is 11.8 Å². The Morgan fingerprint density at radius 1 is 1.16 bits per heavy atom. The van der Waals surface area contributed by atoms with Crippen molar-refractivity contribution < 1.29 is 18.0 Å². The molecule has 0 unspecified atom stereocenters. The minimum absolute atomic E-state index is 0.0113. The predicted octanol–water partition coefficient (Wildman–Crippen LogP) is 3.50. The number of nitrogens with zero attached hydrogens (tertiary/aromatic N) is 2. The van der Waals surface area contributed by atoms with Gasteiger partial charge < -0.3 is 10.2 Å². The molecular formula is C23H27N3O4S2. The van der Waals surface area contributed by atoms with Crippen LogP contribution >= 0.6 is 11.8 Å². The second kappa shape index (κ2) is 8.88. The molecule has 0 aliphatic carbocycles. The van der Waals surface area contributed by atoms with Gasteiger partial charge in [-0.05, 0) is 74.4 Å². The molecule has 7 nitrogen and oxygen atoms in total. The van der Waals surface area contributed by atoms with Crippen molar-refractivity contribution in [3.8, 4) is 0 Å². The molecule has 0 aromatic heterocycles. The molecular weight excluding hydrogens is 446 g/mol. The van der Waals surface area contributed by atoms with Gasteiger partial charge in [0, 0.05) is 35.8 Å². The summed E-state index contributed by atoms with van der Waals surface area (Å²) in [4.78, 5) is 27.8. The lowest BCUT2D eigenvalue weighted by Crippen LogP contribution is -2.43. The minimum Gasteiger partial charge on any atom is -0.325 e. The van der Waals surface area contributed by atoms with Crippen molar-refractivity contribution in [3.05, 3.63) is 48.0 Å². The lowest BCUT2D eigenvalue weighted by atomic mass is 10.1. The molecule has 0 saturated carbocycles. The van der Waals surface area contributed by atoms with Crippen LogP contribution in [0.15, 0.2) is 52.3 Å². The maximum Gasteiger partial charge on any atom is 0.243 e. The van der Waals surface area contributed by atoms with E-state index in [1.165, 1.54) is 17.3 Å². The number of thioether (sulfide) groups is 1. The zero-order valence-electron chi connectivity index (χ0n) is 18.4. The molecule has 2 aromatic carbocycles. The van der Waals surface area contributed by atoms with Crippen LogP contribution in [0.4, 0.5) is 11.4 Å². The third-order valence-electron chi connectivity index (χ3n) is 6.06. The summed E-state index contributed by atoms with van der Waals surface area (Å²) in [6.45, 7) is 3.76. The van der Waals surface area contributed by atoms with Gasteiger partial charge in [-0.25, -0.2) is 8.42 Å². The molecule has 1 N–H and O–H groups in total. The minimum atomic E-state index is -3.85. The number of sulfonamides is 1. The van der Waals surface area contributed by atoms with Gasteiger partial charge >= 0.3 is 0 Å². The van der Waals surface area contributed by atoms with E-state index in [4.69, 9.17) is 0 Å². The van der Waals surface area contributed by atoms with Crippen LogP contribution in [0.3, 0.4) is 0 Å². The quantitative estimate of drug-likeness (QED) is 0.672. The molecule has 2 amide bonds. The molecule has 2 aliphatic rings. The van der Waals surface area contributed by atoms with Crippen LogP contribution in [-0.2, 0) is 26.0 Å². The van der Waals surface area contributed by atoms with Crippen LogP contribution in [0.2, 0.25) is 0 Å². The molecule has 9 heteroatoms. The van der Waals surface area contributed by atoms with Gasteiger partial charge in [0.25, 0.3) is 0 Å². The average Bonchev–Trinajstić information content (AvgIpc) is 3.37. The lowest BCUT2D eigenvalue weighted by molar-refractivity contribution is -0.119. The Bertz CT molecular complexity index is 1170. The molecule has 4 rings (SSSR count). The lowest BCUT2D eigenvalue weighted by Gasteiger charge is -2.24. The predicted molar refractivity (Wildman–Crippen MR) is 127 cm³/mol. The van der Waals surface area contributed by atoms with Crippen molar-refractivity contribution in [3.63, 3.8) is 0 Å². The van der Waals surface area contributed by atoms with Gasteiger partial charge in [0.2, 0.25) is 21.8 Å². The van der Waals surface area contributed by atoms with Crippen molar-refractivity contribution in [1.82, 2.24) is 4.31 Å². The number of fused-ring (bicyclic) bond motifs is 1. The highest BCUT2D eigenvalue weighted by atomic mass is 32.2. The van der Waals surface area contributed by atoms with Crippen molar-refractivity contribution in [2.24, 2.45) is 0 Å². The van der Waals surface area contributed by atoms with Crippen molar-refractivity contribution in [1.29, 1.82) is 0 Å². The zero-order chi connectivity index (χ0) is 23.0. The van der Waals surface area contributed by atoms with E-state index in [1.54, 1.807) is 34.9 Å². The summed E-state index contributed by atoms with van der Waals surface area (Å²) in [5.41, 5.74) is 2.25. The number of hydrogen-bond acceptors (Lipinski definition) is 5. The van der Waals surface area contributed by atoms with Gasteiger partial charge in [0.1, 0.15) is 6.04 Å². The molecule has 32 heavy (non-hydrogen) atoms. The third kappa shape index (κ3) is 4.16. The van der Waals surface area contributed by atoms with Crippen LogP contribution < -0.4 is 10.2 Å². The molecule has 2 aromatic rings. The zero-order valence-corrected chi connectivity index (χ0v) is 20.0. The molecule has 1 saturated heterocycles. The van der Waals surface area contributed by atoms with Crippen LogP contribution in [0.25, 0.3) is 0 Å². The summed E-state index contributed by atoms with van der Waals surface area (Å²) in [5.74, 6) is -0.379. The first-order valence-corrected chi connectivity index (χ1v) is 13.3. The van der Waals surface area contributed by atoms with E-state index in [-0.39, 0.29) is 22.8 Å². The summed E-state index contributed by atoms with van der Waals surface area (Å²) >= 11 is 1.57. The average molecular weight is 474 g/mol. The Hall–Kier alpha value is -2.36. The number of nitrogens with one attached hydrogen (secondary N) is 1. The summed E-state index contributed by atoms with van der Waals surface area (Å²) in [6, 6.07) is 11.6. The fraction of sp³-hybridized carbons (Fsp3) is 0.391. The van der Waals surface area contributed by atoms with Gasteiger partial charge in [-0.1, -0.05) is 6.07 Å². The number of anilines is 2. The van der Waals surface area contributed by atoms with Crippen molar-refractivity contribution >= 4 is 45.0 Å². The van der Waals surface area contributed by atoms with Crippen LogP contribution in [-0.4, -0.2) is 49.4 Å². The molecule has 2 heterocycles. The highest BCUT2D eigenvalue weighted by Gasteiger charge is 2.40. The first-order valence-electron chi connectivity index (χ1n) is 10.6. The Balaban J connectivity index is 1.57. The first kappa shape index (κ1) is 22.8. The van der Waals surface area contributed by atoms with E-state index in [1.807, 2.05) is 31.4 Å². The smallest absolute Gasteiger partial charge is 0.243 e. The van der Waals surface area contributed by atoms with Crippen LogP contribution in [0, 0.1) is 0 Å². The molecule has 170 valence electrons. The Morgan fingerprint density at radius 2 is 1.94 bits per heavy atom. The summed E-state index contributed by atoms with van der Waals surface area (Å²) in [5, 5.41) is 2.88. The summed E-state index contributed by atoms with van der Waals surface area (Å²) in [6.07, 6.45) is 3.67. The summed E-state index contributed by atoms with van der Waals surface area (Å²) in [7, 11) is -3.85. The van der Waals surface area contributed by atoms with Crippen LogP contribution in [0.1, 0.15) is 32.3 Å². The highest BCUT2D eigenvalue weighted by molar-refractivity contribution is 7.98. The topological polar surface area (TPSA) is 86.8 Å². The Labute approximate surface area is 193 Å². The van der Waals surface area contributed by atoms with Crippen LogP contribution in [0.5, 0.6) is 0 Å². The number of rotatable bonds is 5. The number of amides is 2. The SMILES string of the molecule is CSc1cccc(NC(=O)[C@@H]2CCCN2S(=O)(=O)c2ccc3c(c2)C[C@@H](C)N3C(C)=O)c1. The van der Waals surface area contributed by atoms with E-state index in [9.17, 15) is 18.0 Å².